The third kappa shape index (κ3) is 4.47. The molecular weight excluding hydrogens is 510 g/mol. The number of nitrogens with one attached hydrogen (secondary N) is 1. The number of aliphatic hydroxyl groups is 1. The van der Waals surface area contributed by atoms with Crippen molar-refractivity contribution in [3.05, 3.63) is 97.9 Å². The van der Waals surface area contributed by atoms with E-state index in [9.17, 15) is 14.7 Å². The number of hydrogen-bond acceptors (Lipinski definition) is 7. The van der Waals surface area contributed by atoms with Crippen LogP contribution < -0.4 is 5.56 Å². The Hall–Kier alpha value is -3.40. The fourth-order valence-corrected chi connectivity index (χ4v) is 5.77. The van der Waals surface area contributed by atoms with Gasteiger partial charge in [-0.1, -0.05) is 23.7 Å². The number of halogens is 1. The lowest BCUT2D eigenvalue weighted by molar-refractivity contribution is -0.141. The average molecular weight is 534 g/mol. The molecule has 0 spiro atoms. The Bertz CT molecular complexity index is 1530. The molecule has 4 aromatic rings. The van der Waals surface area contributed by atoms with E-state index in [1.807, 2.05) is 24.0 Å². The summed E-state index contributed by atoms with van der Waals surface area (Å²) in [6.07, 6.45) is 7.11. The average Bonchev–Trinajstić information content (AvgIpc) is 3.60. The first-order valence-electron chi connectivity index (χ1n) is 12.1. The minimum absolute atomic E-state index is 0.101. The zero-order valence-electron chi connectivity index (χ0n) is 19.9. The maximum Gasteiger partial charge on any atom is 0.256 e. The van der Waals surface area contributed by atoms with Gasteiger partial charge >= 0.3 is 0 Å². The van der Waals surface area contributed by atoms with Gasteiger partial charge in [0.05, 0.1) is 23.2 Å². The van der Waals surface area contributed by atoms with Crippen LogP contribution in [-0.4, -0.2) is 41.8 Å². The van der Waals surface area contributed by atoms with E-state index in [1.165, 1.54) is 16.4 Å². The van der Waals surface area contributed by atoms with Crippen molar-refractivity contribution in [2.45, 2.75) is 43.7 Å². The van der Waals surface area contributed by atoms with Gasteiger partial charge in [0.25, 0.3) is 11.5 Å². The molecule has 1 aliphatic heterocycles. The number of pyridine rings is 1. The first-order chi connectivity index (χ1) is 17.9. The van der Waals surface area contributed by atoms with Crippen molar-refractivity contribution < 1.29 is 9.90 Å². The molecule has 1 aromatic carbocycles. The van der Waals surface area contributed by atoms with Crippen LogP contribution in [-0.2, 0) is 23.2 Å². The van der Waals surface area contributed by atoms with Crippen molar-refractivity contribution in [1.29, 1.82) is 0 Å². The summed E-state index contributed by atoms with van der Waals surface area (Å²) in [5.41, 5.74) is 4.03. The molecular formula is C27H24ClN5O3S. The maximum absolute atomic E-state index is 13.3. The van der Waals surface area contributed by atoms with Crippen LogP contribution in [0.1, 0.15) is 53.6 Å². The van der Waals surface area contributed by atoms with Crippen LogP contribution >= 0.6 is 23.1 Å². The fraction of sp³-hybridized carbons (Fsp3) is 0.296. The van der Waals surface area contributed by atoms with Crippen molar-refractivity contribution in [3.8, 4) is 11.1 Å². The zero-order valence-corrected chi connectivity index (χ0v) is 21.4. The molecule has 0 unspecified atom stereocenters. The smallest absolute Gasteiger partial charge is 0.256 e. The number of fused-ring (bicyclic) bond motifs is 1. The molecule has 1 saturated carbocycles. The largest absolute Gasteiger partial charge is 0.378 e. The van der Waals surface area contributed by atoms with E-state index in [4.69, 9.17) is 16.6 Å². The molecule has 6 rings (SSSR count). The number of amides is 1. The van der Waals surface area contributed by atoms with Crippen LogP contribution in [0.5, 0.6) is 0 Å². The number of aliphatic hydroxyl groups excluding tert-OH is 1. The van der Waals surface area contributed by atoms with E-state index in [0.29, 0.717) is 47.1 Å². The zero-order chi connectivity index (χ0) is 25.6. The van der Waals surface area contributed by atoms with E-state index in [1.54, 1.807) is 24.3 Å². The summed E-state index contributed by atoms with van der Waals surface area (Å²) in [7, 11) is 0. The Kier molecular flexibility index (Phi) is 6.14. The molecule has 4 heterocycles. The quantitative estimate of drug-likeness (QED) is 0.400. The lowest BCUT2D eigenvalue weighted by atomic mass is 9.94. The van der Waals surface area contributed by atoms with Crippen LogP contribution in [0.4, 0.5) is 0 Å². The van der Waals surface area contributed by atoms with E-state index >= 15 is 0 Å². The highest BCUT2D eigenvalue weighted by Gasteiger charge is 2.49. The van der Waals surface area contributed by atoms with Crippen molar-refractivity contribution in [3.63, 3.8) is 0 Å². The molecule has 0 bridgehead atoms. The molecule has 10 heteroatoms. The van der Waals surface area contributed by atoms with Gasteiger partial charge in [0.15, 0.2) is 6.10 Å². The van der Waals surface area contributed by atoms with Crippen LogP contribution in [0.25, 0.3) is 11.1 Å². The number of aromatic amines is 1. The maximum atomic E-state index is 13.3. The Labute approximate surface area is 222 Å². The normalized spacial score (nSPS) is 17.1. The number of carbonyl (C=O) groups excluding carboxylic acids is 1. The van der Waals surface area contributed by atoms with Crippen LogP contribution in [0.2, 0.25) is 5.02 Å². The van der Waals surface area contributed by atoms with Gasteiger partial charge in [0.1, 0.15) is 5.82 Å². The molecule has 1 fully saturated rings. The van der Waals surface area contributed by atoms with Crippen molar-refractivity contribution in [2.24, 2.45) is 0 Å². The van der Waals surface area contributed by atoms with E-state index in [-0.39, 0.29) is 17.5 Å². The molecule has 3 aromatic heterocycles. The van der Waals surface area contributed by atoms with Crippen LogP contribution in [0.3, 0.4) is 0 Å². The third-order valence-electron chi connectivity index (χ3n) is 7.26. The molecule has 0 radical (unpaired) electrons. The van der Waals surface area contributed by atoms with Crippen LogP contribution in [0, 0.1) is 0 Å². The second-order valence-electron chi connectivity index (χ2n) is 9.62. The van der Waals surface area contributed by atoms with Gasteiger partial charge in [-0.25, -0.2) is 9.36 Å². The number of hydrogen-bond donors (Lipinski definition) is 2. The van der Waals surface area contributed by atoms with Gasteiger partial charge in [-0.2, -0.15) is 0 Å². The molecule has 0 saturated heterocycles. The Morgan fingerprint density at radius 1 is 1.19 bits per heavy atom. The second-order valence-corrected chi connectivity index (χ2v) is 10.7. The van der Waals surface area contributed by atoms with Gasteiger partial charge in [-0.15, -0.1) is 0 Å². The van der Waals surface area contributed by atoms with Gasteiger partial charge in [-0.05, 0) is 66.5 Å². The lowest BCUT2D eigenvalue weighted by Gasteiger charge is -2.24. The van der Waals surface area contributed by atoms with Crippen LogP contribution in [0.15, 0.2) is 59.1 Å². The van der Waals surface area contributed by atoms with Gasteiger partial charge in [0, 0.05) is 46.7 Å². The Morgan fingerprint density at radius 2 is 2.05 bits per heavy atom. The summed E-state index contributed by atoms with van der Waals surface area (Å²) in [6, 6.07) is 8.72. The second kappa shape index (κ2) is 9.48. The molecule has 2 aliphatic rings. The Balaban J connectivity index is 1.29. The first-order valence-corrected chi connectivity index (χ1v) is 13.4. The van der Waals surface area contributed by atoms with Crippen molar-refractivity contribution in [2.75, 3.05) is 6.54 Å². The SMILES string of the molecule is O=C([C@H](O)c1cccc(Cl)c1)N1CCCc2nc(C3(c4cncc(-c5cnsc5)c4)CC3)[nH]c(=O)c2C1. The van der Waals surface area contributed by atoms with Gasteiger partial charge < -0.3 is 15.0 Å². The monoisotopic (exact) mass is 533 g/mol. The molecule has 1 atom stereocenters. The Morgan fingerprint density at radius 3 is 2.81 bits per heavy atom. The standard InChI is InChI=1S/C27H24ClN5O3S/c28-20-4-1-3-16(10-20)23(34)25(36)33-8-2-5-22-21(14-33)24(35)32-26(31-22)27(6-7-27)19-9-17(11-29-13-19)18-12-30-37-15-18/h1,3-4,9-13,15,23,34H,2,5-8,14H2,(H,31,32,35)/t23-/m1/s1. The van der Waals surface area contributed by atoms with E-state index in [0.717, 1.165) is 29.5 Å². The minimum Gasteiger partial charge on any atom is -0.378 e. The number of rotatable bonds is 5. The first kappa shape index (κ1) is 24.0. The number of nitrogens with zero attached hydrogens (tertiary/aromatic N) is 4. The molecule has 8 nitrogen and oxygen atoms in total. The number of carbonyl (C=O) groups is 1. The highest BCUT2D eigenvalue weighted by Crippen LogP contribution is 2.52. The number of benzene rings is 1. The highest BCUT2D eigenvalue weighted by molar-refractivity contribution is 7.03. The predicted octanol–water partition coefficient (Wildman–Crippen LogP) is 4.03. The molecule has 1 aliphatic carbocycles. The summed E-state index contributed by atoms with van der Waals surface area (Å²) in [6.45, 7) is 0.525. The predicted molar refractivity (Wildman–Crippen MR) is 140 cm³/mol. The summed E-state index contributed by atoms with van der Waals surface area (Å²) in [5.74, 6) is 0.195. The lowest BCUT2D eigenvalue weighted by Crippen LogP contribution is -2.36. The van der Waals surface area contributed by atoms with Gasteiger partial charge in [0.2, 0.25) is 0 Å². The van der Waals surface area contributed by atoms with E-state index < -0.39 is 12.0 Å². The topological polar surface area (TPSA) is 112 Å². The van der Waals surface area contributed by atoms with Crippen molar-refractivity contribution >= 4 is 29.0 Å². The van der Waals surface area contributed by atoms with Gasteiger partial charge in [-0.3, -0.25) is 14.6 Å². The van der Waals surface area contributed by atoms with E-state index in [2.05, 4.69) is 20.4 Å². The minimum atomic E-state index is -1.35. The number of aromatic nitrogens is 4. The van der Waals surface area contributed by atoms with Crippen molar-refractivity contribution in [1.82, 2.24) is 24.2 Å². The summed E-state index contributed by atoms with van der Waals surface area (Å²) < 4.78 is 4.19. The highest BCUT2D eigenvalue weighted by atomic mass is 35.5. The summed E-state index contributed by atoms with van der Waals surface area (Å²) >= 11 is 7.43. The molecule has 2 N–H and O–H groups in total. The summed E-state index contributed by atoms with van der Waals surface area (Å²) in [5, 5.41) is 13.1. The fourth-order valence-electron chi connectivity index (χ4n) is 5.02. The molecule has 188 valence electrons. The summed E-state index contributed by atoms with van der Waals surface area (Å²) in [4.78, 5) is 40.4. The molecule has 1 amide bonds. The number of aryl methyl sites for hydroxylation is 1. The third-order valence-corrected chi connectivity index (χ3v) is 8.08. The molecule has 37 heavy (non-hydrogen) atoms. The number of H-pyrrole nitrogens is 1.